The number of benzene rings is 1. The fourth-order valence-corrected chi connectivity index (χ4v) is 5.53. The number of carbonyl (C=O) groups excluding carboxylic acids is 1. The molecule has 1 aliphatic carbocycles. The third kappa shape index (κ3) is 4.16. The summed E-state index contributed by atoms with van der Waals surface area (Å²) in [7, 11) is 0. The van der Waals surface area contributed by atoms with Crippen LogP contribution in [-0.4, -0.2) is 62.9 Å². The van der Waals surface area contributed by atoms with Gasteiger partial charge in [-0.1, -0.05) is 4.49 Å². The standard InChI is InChI=1S/C22H21F3N6O3S/c23-22(24,25)18-3-4-30-20(33)7-19(26-8-16-13-5-12(13)10-34-16)27-21(30)31(18)9-15(32)11-1-2-17-14(6-11)28-29-35-17/h1-2,6-7,12-13,16,18,26H,3-5,8-10H2/t12-,13?,16+,18-/m0/s1. The molecular formula is C22H21F3N6O3S. The van der Waals surface area contributed by atoms with Gasteiger partial charge in [0.25, 0.3) is 5.56 Å². The SMILES string of the molecule is O=C(CN1c2nc(NC[C@H]3OC[C@@H]4CC43)cc(=O)n2CC[C@H]1C(F)(F)F)c1ccc2snnc2c1. The first-order valence-corrected chi connectivity index (χ1v) is 12.1. The van der Waals surface area contributed by atoms with Gasteiger partial charge in [-0.25, -0.2) is 0 Å². The van der Waals surface area contributed by atoms with Crippen molar-refractivity contribution >= 4 is 39.3 Å². The summed E-state index contributed by atoms with van der Waals surface area (Å²) in [6, 6.07) is 4.06. The lowest BCUT2D eigenvalue weighted by Gasteiger charge is -2.38. The number of ketones is 1. The summed E-state index contributed by atoms with van der Waals surface area (Å²) in [4.78, 5) is 31.1. The van der Waals surface area contributed by atoms with E-state index in [1.54, 1.807) is 12.1 Å². The number of rotatable bonds is 6. The zero-order valence-corrected chi connectivity index (χ0v) is 19.2. The van der Waals surface area contributed by atoms with Gasteiger partial charge in [0.2, 0.25) is 5.95 Å². The van der Waals surface area contributed by atoms with E-state index in [-0.39, 0.29) is 36.4 Å². The highest BCUT2D eigenvalue weighted by Crippen LogP contribution is 2.48. The molecule has 0 radical (unpaired) electrons. The molecule has 3 aliphatic rings. The topological polar surface area (TPSA) is 102 Å². The Morgan fingerprint density at radius 3 is 2.89 bits per heavy atom. The van der Waals surface area contributed by atoms with Gasteiger partial charge >= 0.3 is 6.18 Å². The number of anilines is 2. The summed E-state index contributed by atoms with van der Waals surface area (Å²) in [5.41, 5.74) is 0.250. The molecule has 35 heavy (non-hydrogen) atoms. The zero-order valence-electron chi connectivity index (χ0n) is 18.4. The third-order valence-electron chi connectivity index (χ3n) is 6.97. The van der Waals surface area contributed by atoms with Crippen molar-refractivity contribution in [2.24, 2.45) is 11.8 Å². The van der Waals surface area contributed by atoms with Crippen LogP contribution in [-0.2, 0) is 11.3 Å². The predicted molar refractivity (Wildman–Crippen MR) is 122 cm³/mol. The van der Waals surface area contributed by atoms with Crippen molar-refractivity contribution in [1.82, 2.24) is 19.1 Å². The Labute approximate surface area is 201 Å². The summed E-state index contributed by atoms with van der Waals surface area (Å²) >= 11 is 1.16. The quantitative estimate of drug-likeness (QED) is 0.510. The molecule has 2 aromatic heterocycles. The van der Waals surface area contributed by atoms with Gasteiger partial charge < -0.3 is 15.0 Å². The van der Waals surface area contributed by atoms with Crippen molar-refractivity contribution < 1.29 is 22.7 Å². The van der Waals surface area contributed by atoms with Crippen molar-refractivity contribution in [2.45, 2.75) is 37.7 Å². The Hall–Kier alpha value is -3.06. The minimum Gasteiger partial charge on any atom is -0.376 e. The van der Waals surface area contributed by atoms with E-state index in [1.807, 2.05) is 0 Å². The van der Waals surface area contributed by atoms with Crippen molar-refractivity contribution in [3.63, 3.8) is 0 Å². The number of halogens is 3. The van der Waals surface area contributed by atoms with Crippen molar-refractivity contribution in [3.8, 4) is 0 Å². The van der Waals surface area contributed by atoms with Gasteiger partial charge in [0, 0.05) is 24.7 Å². The maximum Gasteiger partial charge on any atom is 0.408 e. The molecule has 9 nitrogen and oxygen atoms in total. The van der Waals surface area contributed by atoms with Crippen LogP contribution in [0.4, 0.5) is 24.9 Å². The number of hydrogen-bond donors (Lipinski definition) is 1. The molecule has 4 atom stereocenters. The monoisotopic (exact) mass is 506 g/mol. The normalized spacial score (nSPS) is 25.4. The van der Waals surface area contributed by atoms with E-state index >= 15 is 0 Å². The molecule has 1 unspecified atom stereocenters. The Balaban J connectivity index is 1.30. The summed E-state index contributed by atoms with van der Waals surface area (Å²) in [5.74, 6) is 0.529. The molecule has 4 heterocycles. The van der Waals surface area contributed by atoms with E-state index in [1.165, 1.54) is 16.7 Å². The number of carbonyl (C=O) groups is 1. The van der Waals surface area contributed by atoms with Crippen LogP contribution in [0.15, 0.2) is 29.1 Å². The lowest BCUT2D eigenvalue weighted by Crippen LogP contribution is -2.54. The maximum atomic E-state index is 14.0. The molecular weight excluding hydrogens is 485 g/mol. The van der Waals surface area contributed by atoms with Crippen LogP contribution in [0.25, 0.3) is 10.2 Å². The first-order chi connectivity index (χ1) is 16.8. The average molecular weight is 507 g/mol. The number of hydrogen-bond acceptors (Lipinski definition) is 9. The second-order valence-electron chi connectivity index (χ2n) is 9.20. The van der Waals surface area contributed by atoms with Gasteiger partial charge in [0.05, 0.1) is 24.0 Å². The molecule has 1 saturated carbocycles. The number of Topliss-reactive ketones (excluding diaryl/α,β-unsaturated/α-hetero) is 1. The van der Waals surface area contributed by atoms with Gasteiger partial charge in [0.1, 0.15) is 17.4 Å². The number of aromatic nitrogens is 4. The smallest absolute Gasteiger partial charge is 0.376 e. The number of nitrogens with zero attached hydrogens (tertiary/aromatic N) is 5. The summed E-state index contributed by atoms with van der Waals surface area (Å²) in [6.45, 7) is 0.407. The lowest BCUT2D eigenvalue weighted by atomic mass is 10.1. The molecule has 13 heteroatoms. The van der Waals surface area contributed by atoms with Crippen LogP contribution in [0.2, 0.25) is 0 Å². The second kappa shape index (κ2) is 8.26. The van der Waals surface area contributed by atoms with Crippen molar-refractivity contribution in [2.75, 3.05) is 29.9 Å². The molecule has 0 amide bonds. The van der Waals surface area contributed by atoms with Crippen LogP contribution in [0.1, 0.15) is 23.2 Å². The number of alkyl halides is 3. The van der Waals surface area contributed by atoms with Gasteiger partial charge in [-0.2, -0.15) is 18.2 Å². The van der Waals surface area contributed by atoms with Crippen molar-refractivity contribution in [3.05, 3.63) is 40.2 Å². The maximum absolute atomic E-state index is 14.0. The van der Waals surface area contributed by atoms with E-state index in [0.717, 1.165) is 27.6 Å². The van der Waals surface area contributed by atoms with Crippen LogP contribution in [0.5, 0.6) is 0 Å². The molecule has 1 N–H and O–H groups in total. The first-order valence-electron chi connectivity index (χ1n) is 11.3. The molecule has 0 spiro atoms. The molecule has 2 aliphatic heterocycles. The Morgan fingerprint density at radius 1 is 1.29 bits per heavy atom. The van der Waals surface area contributed by atoms with Crippen LogP contribution in [0, 0.1) is 11.8 Å². The zero-order chi connectivity index (χ0) is 24.3. The Bertz CT molecular complexity index is 1360. The van der Waals surface area contributed by atoms with E-state index in [2.05, 4.69) is 19.9 Å². The number of ether oxygens (including phenoxy) is 1. The highest BCUT2D eigenvalue weighted by Gasteiger charge is 2.49. The van der Waals surface area contributed by atoms with Gasteiger partial charge in [-0.15, -0.1) is 5.10 Å². The highest BCUT2D eigenvalue weighted by atomic mass is 32.1. The minimum atomic E-state index is -4.60. The fraction of sp³-hybridized carbons (Fsp3) is 0.500. The fourth-order valence-electron chi connectivity index (χ4n) is 4.99. The van der Waals surface area contributed by atoms with E-state index < -0.39 is 30.1 Å². The Kier molecular flexibility index (Phi) is 5.29. The molecule has 6 rings (SSSR count). The molecule has 2 fully saturated rings. The summed E-state index contributed by atoms with van der Waals surface area (Å²) < 4.78 is 53.5. The van der Waals surface area contributed by atoms with Crippen LogP contribution in [0.3, 0.4) is 0 Å². The number of nitrogens with one attached hydrogen (secondary N) is 1. The second-order valence-corrected chi connectivity index (χ2v) is 9.98. The number of fused-ring (bicyclic) bond motifs is 3. The molecule has 1 aromatic carbocycles. The predicted octanol–water partition coefficient (Wildman–Crippen LogP) is 2.72. The molecule has 0 bridgehead atoms. The molecule has 3 aromatic rings. The minimum absolute atomic E-state index is 0.00341. The first kappa shape index (κ1) is 22.4. The van der Waals surface area contributed by atoms with E-state index in [0.29, 0.717) is 30.5 Å². The van der Waals surface area contributed by atoms with Crippen LogP contribution < -0.4 is 15.8 Å². The van der Waals surface area contributed by atoms with E-state index in [9.17, 15) is 22.8 Å². The largest absolute Gasteiger partial charge is 0.408 e. The van der Waals surface area contributed by atoms with Gasteiger partial charge in [-0.3, -0.25) is 14.2 Å². The van der Waals surface area contributed by atoms with Crippen LogP contribution >= 0.6 is 11.5 Å². The van der Waals surface area contributed by atoms with Crippen molar-refractivity contribution in [1.29, 1.82) is 0 Å². The lowest BCUT2D eigenvalue weighted by molar-refractivity contribution is -0.152. The summed E-state index contributed by atoms with van der Waals surface area (Å²) in [5, 5.41) is 6.98. The molecule has 184 valence electrons. The van der Waals surface area contributed by atoms with E-state index in [4.69, 9.17) is 4.74 Å². The Morgan fingerprint density at radius 2 is 2.14 bits per heavy atom. The third-order valence-corrected chi connectivity index (χ3v) is 7.68. The molecule has 1 saturated heterocycles. The summed E-state index contributed by atoms with van der Waals surface area (Å²) in [6.07, 6.45) is -3.85. The van der Waals surface area contributed by atoms with Gasteiger partial charge in [-0.05, 0) is 54.4 Å². The highest BCUT2D eigenvalue weighted by molar-refractivity contribution is 7.12. The van der Waals surface area contributed by atoms with Gasteiger partial charge in [0.15, 0.2) is 5.78 Å². The average Bonchev–Trinajstić information content (AvgIpc) is 3.25.